The third-order valence-electron chi connectivity index (χ3n) is 2.61. The Labute approximate surface area is 126 Å². The van der Waals surface area contributed by atoms with Crippen LogP contribution in [0.3, 0.4) is 0 Å². The summed E-state index contributed by atoms with van der Waals surface area (Å²) in [4.78, 5) is 11.5. The summed E-state index contributed by atoms with van der Waals surface area (Å²) < 4.78 is 10.6. The monoisotopic (exact) mass is 295 g/mol. The number of carbonyl (C=O) groups excluding carboxylic acids is 1. The maximum atomic E-state index is 11.5. The van der Waals surface area contributed by atoms with Crippen LogP contribution < -0.4 is 10.1 Å². The number of aliphatic hydroxyl groups is 1. The lowest BCUT2D eigenvalue weighted by Gasteiger charge is -2.19. The van der Waals surface area contributed by atoms with E-state index in [4.69, 9.17) is 14.6 Å². The molecule has 0 saturated carbocycles. The van der Waals surface area contributed by atoms with E-state index in [0.717, 1.165) is 24.2 Å². The Morgan fingerprint density at radius 3 is 2.67 bits per heavy atom. The summed E-state index contributed by atoms with van der Waals surface area (Å²) in [5, 5.41) is 11.5. The van der Waals surface area contributed by atoms with Crippen LogP contribution in [0, 0.1) is 0 Å². The Bertz CT molecular complexity index is 440. The maximum Gasteiger partial charge on any atom is 0.407 e. The van der Waals surface area contributed by atoms with Crippen molar-refractivity contribution in [2.45, 2.75) is 39.2 Å². The second-order valence-corrected chi connectivity index (χ2v) is 5.71. The Morgan fingerprint density at radius 2 is 2.00 bits per heavy atom. The van der Waals surface area contributed by atoms with Gasteiger partial charge in [0.25, 0.3) is 0 Å². The van der Waals surface area contributed by atoms with Gasteiger partial charge >= 0.3 is 6.09 Å². The summed E-state index contributed by atoms with van der Waals surface area (Å²) in [6.07, 6.45) is 1.18. The molecule has 0 spiro atoms. The fourth-order valence-corrected chi connectivity index (χ4v) is 1.79. The number of hydrogen-bond donors (Lipinski definition) is 2. The summed E-state index contributed by atoms with van der Waals surface area (Å²) in [6.45, 7) is 6.33. The van der Waals surface area contributed by atoms with E-state index in [1.165, 1.54) is 0 Å². The number of rotatable bonds is 7. The number of amides is 1. The highest BCUT2D eigenvalue weighted by Crippen LogP contribution is 2.19. The highest BCUT2D eigenvalue weighted by Gasteiger charge is 2.15. The summed E-state index contributed by atoms with van der Waals surface area (Å²) in [5.74, 6) is 0.781. The van der Waals surface area contributed by atoms with Gasteiger partial charge in [-0.1, -0.05) is 18.2 Å². The smallest absolute Gasteiger partial charge is 0.407 e. The quantitative estimate of drug-likeness (QED) is 0.758. The van der Waals surface area contributed by atoms with Gasteiger partial charge in [-0.25, -0.2) is 4.79 Å². The molecule has 0 unspecified atom stereocenters. The van der Waals surface area contributed by atoms with Gasteiger partial charge in [0.15, 0.2) is 0 Å². The average molecular weight is 295 g/mol. The molecule has 1 aromatic rings. The van der Waals surface area contributed by atoms with Crippen molar-refractivity contribution >= 4 is 6.09 Å². The van der Waals surface area contributed by atoms with E-state index >= 15 is 0 Å². The Balaban J connectivity index is 2.34. The third kappa shape index (κ3) is 7.56. The van der Waals surface area contributed by atoms with Crippen LogP contribution >= 0.6 is 0 Å². The molecule has 5 nitrogen and oxygen atoms in total. The molecule has 0 atom stereocenters. The molecule has 2 N–H and O–H groups in total. The van der Waals surface area contributed by atoms with Crippen molar-refractivity contribution in [2.24, 2.45) is 0 Å². The molecule has 118 valence electrons. The average Bonchev–Trinajstić information content (AvgIpc) is 2.40. The minimum absolute atomic E-state index is 0.00542. The van der Waals surface area contributed by atoms with E-state index in [-0.39, 0.29) is 13.2 Å². The molecule has 0 aliphatic carbocycles. The van der Waals surface area contributed by atoms with Crippen molar-refractivity contribution < 1.29 is 19.4 Å². The van der Waals surface area contributed by atoms with Crippen LogP contribution in [-0.2, 0) is 11.2 Å². The number of hydrogen-bond acceptors (Lipinski definition) is 4. The standard InChI is InChI=1S/C16H25NO4/c1-16(2,3)21-15(19)17-10-6-8-13-7-4-5-9-14(13)20-12-11-18/h4-5,7,9,18H,6,8,10-12H2,1-3H3,(H,17,19). The fraction of sp³-hybridized carbons (Fsp3) is 0.562. The normalized spacial score (nSPS) is 11.0. The number of benzene rings is 1. The molecule has 0 aliphatic rings. The van der Waals surface area contributed by atoms with Crippen LogP contribution in [0.4, 0.5) is 4.79 Å². The molecular weight excluding hydrogens is 270 g/mol. The number of aryl methyl sites for hydroxylation is 1. The molecule has 5 heteroatoms. The Kier molecular flexibility index (Phi) is 7.02. The van der Waals surface area contributed by atoms with Crippen molar-refractivity contribution in [1.82, 2.24) is 5.32 Å². The zero-order valence-corrected chi connectivity index (χ0v) is 13.0. The Hall–Kier alpha value is -1.75. The van der Waals surface area contributed by atoms with Crippen LogP contribution in [0.1, 0.15) is 32.8 Å². The van der Waals surface area contributed by atoms with Crippen molar-refractivity contribution in [3.8, 4) is 5.75 Å². The lowest BCUT2D eigenvalue weighted by atomic mass is 10.1. The zero-order chi connectivity index (χ0) is 15.7. The lowest BCUT2D eigenvalue weighted by molar-refractivity contribution is 0.0527. The molecule has 0 heterocycles. The molecule has 1 rings (SSSR count). The molecule has 0 saturated heterocycles. The van der Waals surface area contributed by atoms with Crippen molar-refractivity contribution in [1.29, 1.82) is 0 Å². The molecule has 1 amide bonds. The van der Waals surface area contributed by atoms with Gasteiger partial charge in [0.2, 0.25) is 0 Å². The second kappa shape index (κ2) is 8.52. The molecule has 0 aromatic heterocycles. The number of nitrogens with one attached hydrogen (secondary N) is 1. The van der Waals surface area contributed by atoms with E-state index in [9.17, 15) is 4.79 Å². The summed E-state index contributed by atoms with van der Waals surface area (Å²) >= 11 is 0. The van der Waals surface area contributed by atoms with Crippen LogP contribution in [0.5, 0.6) is 5.75 Å². The van der Waals surface area contributed by atoms with Crippen molar-refractivity contribution in [3.05, 3.63) is 29.8 Å². The van der Waals surface area contributed by atoms with Crippen LogP contribution in [0.15, 0.2) is 24.3 Å². The molecule has 1 aromatic carbocycles. The molecular formula is C16H25NO4. The van der Waals surface area contributed by atoms with E-state index in [1.54, 1.807) is 0 Å². The van der Waals surface area contributed by atoms with Crippen LogP contribution in [0.25, 0.3) is 0 Å². The topological polar surface area (TPSA) is 67.8 Å². The van der Waals surface area contributed by atoms with Crippen molar-refractivity contribution in [2.75, 3.05) is 19.8 Å². The number of carbonyl (C=O) groups is 1. The minimum atomic E-state index is -0.477. The van der Waals surface area contributed by atoms with Crippen molar-refractivity contribution in [3.63, 3.8) is 0 Å². The number of aliphatic hydroxyl groups excluding tert-OH is 1. The van der Waals surface area contributed by atoms with Crippen LogP contribution in [-0.4, -0.2) is 36.6 Å². The third-order valence-corrected chi connectivity index (χ3v) is 2.61. The molecule has 0 bridgehead atoms. The lowest BCUT2D eigenvalue weighted by Crippen LogP contribution is -2.33. The van der Waals surface area contributed by atoms with Gasteiger partial charge < -0.3 is 19.9 Å². The van der Waals surface area contributed by atoms with Gasteiger partial charge in [-0.2, -0.15) is 0 Å². The maximum absolute atomic E-state index is 11.5. The second-order valence-electron chi connectivity index (χ2n) is 5.71. The fourth-order valence-electron chi connectivity index (χ4n) is 1.79. The molecule has 21 heavy (non-hydrogen) atoms. The molecule has 0 fully saturated rings. The zero-order valence-electron chi connectivity index (χ0n) is 13.0. The first-order chi connectivity index (χ1) is 9.92. The first-order valence-corrected chi connectivity index (χ1v) is 7.21. The van der Waals surface area contributed by atoms with E-state index in [2.05, 4.69) is 5.32 Å². The van der Waals surface area contributed by atoms with Gasteiger partial charge in [0, 0.05) is 6.54 Å². The van der Waals surface area contributed by atoms with Crippen LogP contribution in [0.2, 0.25) is 0 Å². The SMILES string of the molecule is CC(C)(C)OC(=O)NCCCc1ccccc1OCCO. The summed E-state index contributed by atoms with van der Waals surface area (Å²) in [5.41, 5.74) is 0.589. The molecule has 0 radical (unpaired) electrons. The van der Waals surface area contributed by atoms with Gasteiger partial charge in [-0.15, -0.1) is 0 Å². The first-order valence-electron chi connectivity index (χ1n) is 7.21. The van der Waals surface area contributed by atoms with E-state index in [1.807, 2.05) is 45.0 Å². The summed E-state index contributed by atoms with van der Waals surface area (Å²) in [6, 6.07) is 7.71. The number of para-hydroxylation sites is 1. The Morgan fingerprint density at radius 1 is 1.29 bits per heavy atom. The predicted molar refractivity (Wildman–Crippen MR) is 81.6 cm³/mol. The highest BCUT2D eigenvalue weighted by molar-refractivity contribution is 5.67. The largest absolute Gasteiger partial charge is 0.491 e. The number of ether oxygens (including phenoxy) is 2. The van der Waals surface area contributed by atoms with Gasteiger partial charge in [-0.3, -0.25) is 0 Å². The predicted octanol–water partition coefficient (Wildman–Crippen LogP) is 2.52. The van der Waals surface area contributed by atoms with Gasteiger partial charge in [0.1, 0.15) is 18.0 Å². The van der Waals surface area contributed by atoms with Gasteiger partial charge in [0.05, 0.1) is 6.61 Å². The highest BCUT2D eigenvalue weighted by atomic mass is 16.6. The molecule has 0 aliphatic heterocycles. The minimum Gasteiger partial charge on any atom is -0.491 e. The van der Waals surface area contributed by atoms with E-state index < -0.39 is 11.7 Å². The first kappa shape index (κ1) is 17.3. The van der Waals surface area contributed by atoms with Gasteiger partial charge in [-0.05, 0) is 45.2 Å². The number of alkyl carbamates (subject to hydrolysis) is 1. The summed E-state index contributed by atoms with van der Waals surface area (Å²) in [7, 11) is 0. The van der Waals surface area contributed by atoms with E-state index in [0.29, 0.717) is 6.54 Å².